The Balaban J connectivity index is 1.28. The van der Waals surface area contributed by atoms with Gasteiger partial charge in [0, 0.05) is 56.1 Å². The molecule has 2 heterocycles. The summed E-state index contributed by atoms with van der Waals surface area (Å²) in [5.41, 5.74) is 4.95. The number of nitrogens with zero attached hydrogens (tertiary/aromatic N) is 4. The fraction of sp³-hybridized carbons (Fsp3) is 0.519. The van der Waals surface area contributed by atoms with Gasteiger partial charge in [-0.1, -0.05) is 54.8 Å². The van der Waals surface area contributed by atoms with Crippen molar-refractivity contribution in [1.82, 2.24) is 25.2 Å². The maximum absolute atomic E-state index is 13.0. The van der Waals surface area contributed by atoms with Crippen LogP contribution in [0.15, 0.2) is 40.9 Å². The second-order valence-electron chi connectivity index (χ2n) is 10.0. The van der Waals surface area contributed by atoms with E-state index >= 15 is 0 Å². The zero-order chi connectivity index (χ0) is 23.5. The Bertz CT molecular complexity index is 1110. The molecule has 1 atom stereocenters. The lowest BCUT2D eigenvalue weighted by Gasteiger charge is -2.26. The minimum absolute atomic E-state index is 0.00305. The topological polar surface area (TPSA) is 76.2 Å². The molecule has 5 rings (SSSR count). The molecule has 2 aromatic heterocycles. The Morgan fingerprint density at radius 3 is 2.71 bits per heavy atom. The number of fused-ring (bicyclic) bond motifs is 1. The molecule has 7 nitrogen and oxygen atoms in total. The van der Waals surface area contributed by atoms with Crippen LogP contribution in [0.3, 0.4) is 0 Å². The molecule has 0 unspecified atom stereocenters. The first-order valence-electron chi connectivity index (χ1n) is 12.6. The lowest BCUT2D eigenvalue weighted by Crippen LogP contribution is -2.35. The monoisotopic (exact) mass is 461 g/mol. The highest BCUT2D eigenvalue weighted by molar-refractivity contribution is 5.93. The van der Waals surface area contributed by atoms with Crippen LogP contribution in [-0.4, -0.2) is 45.9 Å². The summed E-state index contributed by atoms with van der Waals surface area (Å²) in [6.07, 6.45) is 9.33. The van der Waals surface area contributed by atoms with E-state index < -0.39 is 0 Å². The average molecular weight is 462 g/mol. The molecular formula is C27H35N5O2. The average Bonchev–Trinajstić information content (AvgIpc) is 3.48. The molecule has 1 amide bonds. The van der Waals surface area contributed by atoms with Gasteiger partial charge in [0.05, 0.1) is 5.69 Å². The minimum atomic E-state index is 0.00305. The predicted octanol–water partition coefficient (Wildman–Crippen LogP) is 4.47. The van der Waals surface area contributed by atoms with Crippen LogP contribution in [0.2, 0.25) is 0 Å². The van der Waals surface area contributed by atoms with Crippen molar-refractivity contribution in [3.63, 3.8) is 0 Å². The molecule has 180 valence electrons. The van der Waals surface area contributed by atoms with Crippen LogP contribution in [0.25, 0.3) is 11.3 Å². The largest absolute Gasteiger partial charge is 0.356 e. The first kappa shape index (κ1) is 22.8. The molecule has 1 aromatic carbocycles. The van der Waals surface area contributed by atoms with Crippen molar-refractivity contribution in [3.05, 3.63) is 59.0 Å². The van der Waals surface area contributed by atoms with Crippen molar-refractivity contribution in [2.24, 2.45) is 5.92 Å². The summed E-state index contributed by atoms with van der Waals surface area (Å²) in [7, 11) is 3.62. The van der Waals surface area contributed by atoms with Crippen molar-refractivity contribution < 1.29 is 9.32 Å². The summed E-state index contributed by atoms with van der Waals surface area (Å²) in [6, 6.07) is 12.3. The number of carbonyl (C=O) groups excluding carboxylic acids is 1. The molecule has 0 saturated heterocycles. The Morgan fingerprint density at radius 2 is 1.94 bits per heavy atom. The van der Waals surface area contributed by atoms with Gasteiger partial charge in [-0.25, -0.2) is 0 Å². The number of benzene rings is 1. The van der Waals surface area contributed by atoms with Crippen LogP contribution in [0.5, 0.6) is 0 Å². The van der Waals surface area contributed by atoms with Gasteiger partial charge < -0.3 is 14.7 Å². The third kappa shape index (κ3) is 4.94. The molecular weight excluding hydrogens is 426 g/mol. The maximum atomic E-state index is 13.0. The lowest BCUT2D eigenvalue weighted by molar-refractivity contribution is 0.0819. The summed E-state index contributed by atoms with van der Waals surface area (Å²) < 4.78 is 7.71. The summed E-state index contributed by atoms with van der Waals surface area (Å²) in [5, 5.41) is 12.8. The fourth-order valence-electron chi connectivity index (χ4n) is 5.39. The molecule has 0 radical (unpaired) electrons. The number of rotatable bonds is 7. The number of aromatic nitrogens is 3. The van der Waals surface area contributed by atoms with E-state index in [1.807, 2.05) is 50.5 Å². The quantitative estimate of drug-likeness (QED) is 0.562. The van der Waals surface area contributed by atoms with Gasteiger partial charge >= 0.3 is 0 Å². The minimum Gasteiger partial charge on any atom is -0.356 e. The van der Waals surface area contributed by atoms with Crippen molar-refractivity contribution in [2.75, 3.05) is 14.1 Å². The fourth-order valence-corrected chi connectivity index (χ4v) is 5.39. The third-order valence-electron chi connectivity index (χ3n) is 7.30. The molecule has 2 aliphatic carbocycles. The van der Waals surface area contributed by atoms with Gasteiger partial charge in [0.25, 0.3) is 5.91 Å². The van der Waals surface area contributed by atoms with E-state index in [0.717, 1.165) is 48.4 Å². The number of hydrogen-bond acceptors (Lipinski definition) is 5. The van der Waals surface area contributed by atoms with Gasteiger partial charge in [0.2, 0.25) is 0 Å². The summed E-state index contributed by atoms with van der Waals surface area (Å²) in [4.78, 5) is 14.6. The van der Waals surface area contributed by atoms with Crippen LogP contribution in [0, 0.1) is 5.92 Å². The highest BCUT2D eigenvalue weighted by Gasteiger charge is 2.30. The molecule has 2 aliphatic rings. The second-order valence-corrected chi connectivity index (χ2v) is 10.0. The van der Waals surface area contributed by atoms with Crippen LogP contribution in [0.4, 0.5) is 0 Å². The lowest BCUT2D eigenvalue weighted by atomic mass is 9.88. The Labute approximate surface area is 201 Å². The SMILES string of the molecule is CN(C)C(=O)c1nn(CC2CCCCC2)c2c1C[C@@H](NCc1cc(-c3ccccc3)on1)CC2. The molecule has 1 fully saturated rings. The number of nitrogens with one attached hydrogen (secondary N) is 1. The molecule has 0 aliphatic heterocycles. The van der Waals surface area contributed by atoms with Crippen LogP contribution < -0.4 is 5.32 Å². The number of carbonyl (C=O) groups is 1. The van der Waals surface area contributed by atoms with E-state index in [4.69, 9.17) is 9.62 Å². The van der Waals surface area contributed by atoms with Crippen molar-refractivity contribution in [3.8, 4) is 11.3 Å². The smallest absolute Gasteiger partial charge is 0.274 e. The zero-order valence-corrected chi connectivity index (χ0v) is 20.3. The van der Waals surface area contributed by atoms with E-state index in [1.54, 1.807) is 4.90 Å². The van der Waals surface area contributed by atoms with E-state index in [9.17, 15) is 4.79 Å². The van der Waals surface area contributed by atoms with Crippen molar-refractivity contribution >= 4 is 5.91 Å². The first-order chi connectivity index (χ1) is 16.6. The van der Waals surface area contributed by atoms with Crippen LogP contribution in [0.1, 0.15) is 66.0 Å². The molecule has 1 saturated carbocycles. The van der Waals surface area contributed by atoms with Gasteiger partial charge in [0.15, 0.2) is 11.5 Å². The van der Waals surface area contributed by atoms with Gasteiger partial charge in [-0.15, -0.1) is 0 Å². The van der Waals surface area contributed by atoms with Crippen LogP contribution in [-0.2, 0) is 25.9 Å². The zero-order valence-electron chi connectivity index (χ0n) is 20.3. The van der Waals surface area contributed by atoms with E-state index in [1.165, 1.54) is 37.8 Å². The van der Waals surface area contributed by atoms with Gasteiger partial charge in [-0.2, -0.15) is 5.10 Å². The summed E-state index contributed by atoms with van der Waals surface area (Å²) in [6.45, 7) is 1.59. The predicted molar refractivity (Wildman–Crippen MR) is 131 cm³/mol. The normalized spacial score (nSPS) is 18.6. The van der Waals surface area contributed by atoms with Gasteiger partial charge in [-0.05, 0) is 38.0 Å². The second kappa shape index (κ2) is 10.1. The highest BCUT2D eigenvalue weighted by atomic mass is 16.5. The van der Waals surface area contributed by atoms with Crippen molar-refractivity contribution in [2.45, 2.75) is 70.5 Å². The van der Waals surface area contributed by atoms with E-state index in [2.05, 4.69) is 15.2 Å². The van der Waals surface area contributed by atoms with Gasteiger partial charge in [0.1, 0.15) is 0 Å². The van der Waals surface area contributed by atoms with Crippen molar-refractivity contribution in [1.29, 1.82) is 0 Å². The molecule has 0 bridgehead atoms. The van der Waals surface area contributed by atoms with E-state index in [-0.39, 0.29) is 11.9 Å². The standard InChI is InChI=1S/C27H35N5O2/c1-31(2)27(33)26-23-15-21(13-14-24(23)32(29-26)18-19-9-5-3-6-10-19)28-17-22-16-25(34-30-22)20-11-7-4-8-12-20/h4,7-8,11-12,16,19,21,28H,3,5-6,9-10,13-15,17-18H2,1-2H3/t21-/m0/s1. The Kier molecular flexibility index (Phi) is 6.81. The number of amides is 1. The first-order valence-corrected chi connectivity index (χ1v) is 12.6. The third-order valence-corrected chi connectivity index (χ3v) is 7.30. The maximum Gasteiger partial charge on any atom is 0.274 e. The summed E-state index contributed by atoms with van der Waals surface area (Å²) in [5.74, 6) is 1.47. The Morgan fingerprint density at radius 1 is 1.15 bits per heavy atom. The molecule has 0 spiro atoms. The van der Waals surface area contributed by atoms with Gasteiger partial charge in [-0.3, -0.25) is 9.48 Å². The molecule has 34 heavy (non-hydrogen) atoms. The Hall–Kier alpha value is -2.93. The van der Waals surface area contributed by atoms with E-state index in [0.29, 0.717) is 18.2 Å². The van der Waals surface area contributed by atoms with Crippen LogP contribution >= 0.6 is 0 Å². The molecule has 7 heteroatoms. The molecule has 3 aromatic rings. The summed E-state index contributed by atoms with van der Waals surface area (Å²) >= 11 is 0. The highest BCUT2D eigenvalue weighted by Crippen LogP contribution is 2.30. The number of hydrogen-bond donors (Lipinski definition) is 1. The molecule has 1 N–H and O–H groups in total.